The van der Waals surface area contributed by atoms with Crippen molar-refractivity contribution in [2.24, 2.45) is 11.7 Å². The van der Waals surface area contributed by atoms with Gasteiger partial charge < -0.3 is 5.73 Å². The third kappa shape index (κ3) is 1.22. The first-order valence-corrected chi connectivity index (χ1v) is 3.12. The van der Waals surface area contributed by atoms with Gasteiger partial charge in [0.15, 0.2) is 0 Å². The molecule has 0 radical (unpaired) electrons. The predicted molar refractivity (Wildman–Crippen MR) is 33.9 cm³/mol. The Balaban J connectivity index is 2.09. The van der Waals surface area contributed by atoms with E-state index in [1.807, 2.05) is 0 Å². The van der Waals surface area contributed by atoms with Gasteiger partial charge in [-0.2, -0.15) is 0 Å². The van der Waals surface area contributed by atoms with Gasteiger partial charge in [-0.1, -0.05) is 19.3 Å². The van der Waals surface area contributed by atoms with E-state index in [-0.39, 0.29) is 0 Å². The molecular formula is C6H12N2. The topological polar surface area (TPSA) is 49.9 Å². The lowest BCUT2D eigenvalue weighted by Crippen LogP contribution is -2.20. The summed E-state index contributed by atoms with van der Waals surface area (Å²) in [5, 5.41) is 6.94. The molecule has 2 heteroatoms. The minimum atomic E-state index is 0.356. The molecule has 1 fully saturated rings. The van der Waals surface area contributed by atoms with E-state index in [0.717, 1.165) is 12.3 Å². The van der Waals surface area contributed by atoms with Gasteiger partial charge >= 0.3 is 0 Å². The summed E-state index contributed by atoms with van der Waals surface area (Å²) in [6, 6.07) is 0. The summed E-state index contributed by atoms with van der Waals surface area (Å²) in [5.74, 6) is 1.11. The van der Waals surface area contributed by atoms with E-state index in [0.29, 0.717) is 5.84 Å². The highest BCUT2D eigenvalue weighted by Crippen LogP contribution is 2.28. The van der Waals surface area contributed by atoms with E-state index in [2.05, 4.69) is 0 Å². The highest BCUT2D eigenvalue weighted by molar-refractivity contribution is 5.77. The molecule has 0 atom stereocenters. The fourth-order valence-corrected chi connectivity index (χ4v) is 1.01. The smallest absolute Gasteiger partial charge is 0.0908 e. The molecule has 0 spiro atoms. The Morgan fingerprint density at radius 1 is 1.62 bits per heavy atom. The van der Waals surface area contributed by atoms with Gasteiger partial charge in [0.2, 0.25) is 0 Å². The molecule has 46 valence electrons. The number of rotatable bonds is 2. The third-order valence-corrected chi connectivity index (χ3v) is 1.73. The number of hydrogen-bond donors (Lipinski definition) is 2. The molecule has 3 N–H and O–H groups in total. The van der Waals surface area contributed by atoms with Gasteiger partial charge in [-0.3, -0.25) is 5.41 Å². The molecule has 0 aromatic heterocycles. The Morgan fingerprint density at radius 2 is 2.25 bits per heavy atom. The number of amidine groups is 1. The van der Waals surface area contributed by atoms with Gasteiger partial charge in [-0.05, 0) is 5.92 Å². The first-order chi connectivity index (χ1) is 3.79. The lowest BCUT2D eigenvalue weighted by Gasteiger charge is -2.24. The molecule has 0 aromatic carbocycles. The lowest BCUT2D eigenvalue weighted by atomic mass is 9.83. The molecule has 1 aliphatic rings. The molecule has 1 rings (SSSR count). The SMILES string of the molecule is N=C(N)CC1CCC1. The Labute approximate surface area is 49.6 Å². The van der Waals surface area contributed by atoms with Gasteiger partial charge in [0.05, 0.1) is 5.84 Å². The van der Waals surface area contributed by atoms with Crippen LogP contribution in [0.3, 0.4) is 0 Å². The first-order valence-electron chi connectivity index (χ1n) is 3.12. The molecule has 0 saturated heterocycles. The van der Waals surface area contributed by atoms with Crippen LogP contribution >= 0.6 is 0 Å². The third-order valence-electron chi connectivity index (χ3n) is 1.73. The molecule has 1 aliphatic carbocycles. The molecule has 0 aromatic rings. The Hall–Kier alpha value is -0.530. The van der Waals surface area contributed by atoms with Crippen LogP contribution in [-0.4, -0.2) is 5.84 Å². The second kappa shape index (κ2) is 2.16. The van der Waals surface area contributed by atoms with Crippen LogP contribution < -0.4 is 5.73 Å². The molecule has 0 unspecified atom stereocenters. The minimum absolute atomic E-state index is 0.356. The molecule has 2 nitrogen and oxygen atoms in total. The predicted octanol–water partition coefficient (Wildman–Crippen LogP) is 1.11. The fourth-order valence-electron chi connectivity index (χ4n) is 1.01. The first kappa shape index (κ1) is 5.60. The molecular weight excluding hydrogens is 100 g/mol. The second-order valence-corrected chi connectivity index (χ2v) is 2.53. The van der Waals surface area contributed by atoms with Crippen molar-refractivity contribution in [3.63, 3.8) is 0 Å². The van der Waals surface area contributed by atoms with Crippen LogP contribution in [0.1, 0.15) is 25.7 Å². The molecule has 0 amide bonds. The summed E-state index contributed by atoms with van der Waals surface area (Å²) >= 11 is 0. The van der Waals surface area contributed by atoms with Crippen LogP contribution in [0.15, 0.2) is 0 Å². The van der Waals surface area contributed by atoms with Crippen molar-refractivity contribution in [2.45, 2.75) is 25.7 Å². The fraction of sp³-hybridized carbons (Fsp3) is 0.833. The largest absolute Gasteiger partial charge is 0.388 e. The summed E-state index contributed by atoms with van der Waals surface area (Å²) in [5.41, 5.74) is 5.19. The summed E-state index contributed by atoms with van der Waals surface area (Å²) in [4.78, 5) is 0. The van der Waals surface area contributed by atoms with Crippen molar-refractivity contribution >= 4 is 5.84 Å². The van der Waals surface area contributed by atoms with E-state index in [9.17, 15) is 0 Å². The zero-order valence-electron chi connectivity index (χ0n) is 4.98. The van der Waals surface area contributed by atoms with Gasteiger partial charge in [0.1, 0.15) is 0 Å². The molecule has 0 bridgehead atoms. The zero-order valence-corrected chi connectivity index (χ0v) is 4.98. The van der Waals surface area contributed by atoms with E-state index in [1.54, 1.807) is 0 Å². The van der Waals surface area contributed by atoms with Gasteiger partial charge in [-0.15, -0.1) is 0 Å². The van der Waals surface area contributed by atoms with Crippen LogP contribution in [0.5, 0.6) is 0 Å². The number of nitrogens with two attached hydrogens (primary N) is 1. The normalized spacial score (nSPS) is 20.0. The van der Waals surface area contributed by atoms with Gasteiger partial charge in [0.25, 0.3) is 0 Å². The Kier molecular flexibility index (Phi) is 1.51. The van der Waals surface area contributed by atoms with E-state index < -0.39 is 0 Å². The van der Waals surface area contributed by atoms with Crippen molar-refractivity contribution in [1.82, 2.24) is 0 Å². The average molecular weight is 112 g/mol. The second-order valence-electron chi connectivity index (χ2n) is 2.53. The van der Waals surface area contributed by atoms with E-state index >= 15 is 0 Å². The zero-order chi connectivity index (χ0) is 5.98. The Morgan fingerprint density at radius 3 is 2.38 bits per heavy atom. The average Bonchev–Trinajstić information content (AvgIpc) is 1.55. The summed E-state index contributed by atoms with van der Waals surface area (Å²) < 4.78 is 0. The lowest BCUT2D eigenvalue weighted by molar-refractivity contribution is 0.326. The maximum atomic E-state index is 6.94. The van der Waals surface area contributed by atoms with Crippen LogP contribution in [0.2, 0.25) is 0 Å². The van der Waals surface area contributed by atoms with E-state index in [1.165, 1.54) is 19.3 Å². The number of hydrogen-bond acceptors (Lipinski definition) is 1. The maximum Gasteiger partial charge on any atom is 0.0908 e. The summed E-state index contributed by atoms with van der Waals surface area (Å²) in [7, 11) is 0. The van der Waals surface area contributed by atoms with Crippen LogP contribution in [0.4, 0.5) is 0 Å². The highest BCUT2D eigenvalue weighted by atomic mass is 14.7. The van der Waals surface area contributed by atoms with Crippen molar-refractivity contribution < 1.29 is 0 Å². The minimum Gasteiger partial charge on any atom is -0.388 e. The molecule has 8 heavy (non-hydrogen) atoms. The van der Waals surface area contributed by atoms with Crippen LogP contribution in [0, 0.1) is 11.3 Å². The van der Waals surface area contributed by atoms with Crippen molar-refractivity contribution in [2.75, 3.05) is 0 Å². The monoisotopic (exact) mass is 112 g/mol. The van der Waals surface area contributed by atoms with Crippen LogP contribution in [0.25, 0.3) is 0 Å². The maximum absolute atomic E-state index is 6.94. The van der Waals surface area contributed by atoms with Crippen LogP contribution in [-0.2, 0) is 0 Å². The quantitative estimate of drug-likeness (QED) is 0.408. The summed E-state index contributed by atoms with van der Waals surface area (Å²) in [6.45, 7) is 0. The van der Waals surface area contributed by atoms with Crippen molar-refractivity contribution in [1.29, 1.82) is 5.41 Å². The standard InChI is InChI=1S/C6H12N2/c7-6(8)4-5-2-1-3-5/h5H,1-4H2,(H3,7,8). The van der Waals surface area contributed by atoms with E-state index in [4.69, 9.17) is 11.1 Å². The molecule has 0 aliphatic heterocycles. The van der Waals surface area contributed by atoms with Gasteiger partial charge in [-0.25, -0.2) is 0 Å². The van der Waals surface area contributed by atoms with Crippen molar-refractivity contribution in [3.05, 3.63) is 0 Å². The number of nitrogens with one attached hydrogen (secondary N) is 1. The molecule has 1 saturated carbocycles. The highest BCUT2D eigenvalue weighted by Gasteiger charge is 2.17. The molecule has 0 heterocycles. The van der Waals surface area contributed by atoms with Gasteiger partial charge in [0, 0.05) is 6.42 Å². The van der Waals surface area contributed by atoms with Crippen molar-refractivity contribution in [3.8, 4) is 0 Å². The Bertz CT molecular complexity index is 94.7. The summed E-state index contributed by atoms with van der Waals surface area (Å²) in [6.07, 6.45) is 4.76.